The van der Waals surface area contributed by atoms with E-state index in [-0.39, 0.29) is 37.4 Å². The number of nitrogens with zero attached hydrogens (tertiary/aromatic N) is 1. The van der Waals surface area contributed by atoms with Crippen LogP contribution in [0.4, 0.5) is 0 Å². The molecule has 1 aliphatic heterocycles. The van der Waals surface area contributed by atoms with Crippen LogP contribution >= 0.6 is 22.6 Å². The molecular weight excluding hydrogens is 575 g/mol. The molecule has 198 valence electrons. The van der Waals surface area contributed by atoms with Gasteiger partial charge in [-0.2, -0.15) is 0 Å². The van der Waals surface area contributed by atoms with Crippen molar-refractivity contribution < 1.29 is 29.3 Å². The molecule has 36 heavy (non-hydrogen) atoms. The minimum Gasteiger partial charge on any atom is -0.482 e. The fourth-order valence-electron chi connectivity index (χ4n) is 5.52. The first-order chi connectivity index (χ1) is 17.5. The van der Waals surface area contributed by atoms with Crippen molar-refractivity contribution in [3.05, 3.63) is 39.5 Å². The summed E-state index contributed by atoms with van der Waals surface area (Å²) in [5, 5.41) is 23.6. The average Bonchev–Trinajstić information content (AvgIpc) is 3.30. The van der Waals surface area contributed by atoms with Crippen LogP contribution in [-0.4, -0.2) is 77.1 Å². The van der Waals surface area contributed by atoms with Crippen molar-refractivity contribution in [2.24, 2.45) is 0 Å². The zero-order valence-electron chi connectivity index (χ0n) is 20.6. The van der Waals surface area contributed by atoms with Gasteiger partial charge in [0.15, 0.2) is 0 Å². The summed E-state index contributed by atoms with van der Waals surface area (Å²) in [5.74, 6) is 0.205. The highest BCUT2D eigenvalue weighted by atomic mass is 127. The van der Waals surface area contributed by atoms with Crippen molar-refractivity contribution in [1.82, 2.24) is 10.2 Å². The Kier molecular flexibility index (Phi) is 10.0. The van der Waals surface area contributed by atoms with Crippen molar-refractivity contribution >= 4 is 34.4 Å². The second-order valence-corrected chi connectivity index (χ2v) is 11.0. The molecule has 8 nitrogen and oxygen atoms in total. The quantitative estimate of drug-likeness (QED) is 0.308. The molecule has 4 rings (SSSR count). The number of carbonyl (C=O) groups excluding carboxylic acids is 2. The molecule has 0 spiro atoms. The minimum absolute atomic E-state index is 0.0128. The number of hydrogen-bond donors (Lipinski definition) is 3. The molecule has 2 fully saturated rings. The van der Waals surface area contributed by atoms with E-state index < -0.39 is 24.4 Å². The van der Waals surface area contributed by atoms with E-state index in [9.17, 15) is 19.8 Å². The van der Waals surface area contributed by atoms with E-state index in [1.165, 1.54) is 0 Å². The first-order valence-corrected chi connectivity index (χ1v) is 14.2. The molecule has 3 N–H and O–H groups in total. The van der Waals surface area contributed by atoms with E-state index in [0.717, 1.165) is 48.5 Å². The number of rotatable bonds is 8. The third-order valence-corrected chi connectivity index (χ3v) is 8.24. The number of para-hydroxylation sites is 1. The zero-order chi connectivity index (χ0) is 25.5. The maximum atomic E-state index is 13.9. The van der Waals surface area contributed by atoms with Crippen LogP contribution in [0.2, 0.25) is 0 Å². The van der Waals surface area contributed by atoms with Gasteiger partial charge < -0.3 is 29.9 Å². The standard InChI is InChI=1S/C27H37IN2O6/c28-20-10-5-6-11-22(20)36-24-17-18(26(33)29-13-14-31)16-21(25(24)32)30(19-8-3-1-2-4-9-19)27(34)23-12-7-15-35-23/h5-6,10-11,17,19,21,23-25,31-32H,1-4,7-9,12-16H2,(H,29,33). The number of hydrogen-bond acceptors (Lipinski definition) is 6. The van der Waals surface area contributed by atoms with Crippen molar-refractivity contribution in [1.29, 1.82) is 0 Å². The van der Waals surface area contributed by atoms with Gasteiger partial charge in [0.1, 0.15) is 24.1 Å². The molecule has 1 saturated carbocycles. The summed E-state index contributed by atoms with van der Waals surface area (Å²) in [5.41, 5.74) is 0.452. The van der Waals surface area contributed by atoms with Crippen LogP contribution in [0.1, 0.15) is 57.8 Å². The van der Waals surface area contributed by atoms with Crippen LogP contribution in [0.25, 0.3) is 0 Å². The highest BCUT2D eigenvalue weighted by Gasteiger charge is 2.45. The highest BCUT2D eigenvalue weighted by molar-refractivity contribution is 14.1. The maximum Gasteiger partial charge on any atom is 0.252 e. The summed E-state index contributed by atoms with van der Waals surface area (Å²) in [4.78, 5) is 28.7. The van der Waals surface area contributed by atoms with Crippen LogP contribution in [0, 0.1) is 3.57 Å². The number of halogens is 1. The predicted molar refractivity (Wildman–Crippen MR) is 143 cm³/mol. The third-order valence-electron chi connectivity index (χ3n) is 7.35. The zero-order valence-corrected chi connectivity index (χ0v) is 22.8. The van der Waals surface area contributed by atoms with Gasteiger partial charge in [0.2, 0.25) is 5.91 Å². The largest absolute Gasteiger partial charge is 0.482 e. The number of amides is 2. The molecule has 1 heterocycles. The van der Waals surface area contributed by atoms with Gasteiger partial charge in [-0.25, -0.2) is 0 Å². The van der Waals surface area contributed by atoms with Crippen molar-refractivity contribution in [2.45, 2.75) is 88.2 Å². The van der Waals surface area contributed by atoms with Gasteiger partial charge in [-0.1, -0.05) is 37.8 Å². The van der Waals surface area contributed by atoms with Gasteiger partial charge in [-0.05, 0) is 66.5 Å². The Hall–Kier alpha value is -1.69. The van der Waals surface area contributed by atoms with Gasteiger partial charge >= 0.3 is 0 Å². The molecule has 9 heteroatoms. The van der Waals surface area contributed by atoms with Crippen LogP contribution in [-0.2, 0) is 14.3 Å². The van der Waals surface area contributed by atoms with E-state index in [1.807, 2.05) is 29.2 Å². The molecule has 1 aromatic rings. The minimum atomic E-state index is -1.01. The van der Waals surface area contributed by atoms with Crippen molar-refractivity contribution in [3.8, 4) is 5.75 Å². The van der Waals surface area contributed by atoms with Crippen LogP contribution in [0.15, 0.2) is 35.9 Å². The first-order valence-electron chi connectivity index (χ1n) is 13.1. The summed E-state index contributed by atoms with van der Waals surface area (Å²) in [6, 6.07) is 6.89. The lowest BCUT2D eigenvalue weighted by molar-refractivity contribution is -0.152. The van der Waals surface area contributed by atoms with E-state index in [2.05, 4.69) is 27.9 Å². The second-order valence-electron chi connectivity index (χ2n) is 9.84. The van der Waals surface area contributed by atoms with Crippen LogP contribution in [0.3, 0.4) is 0 Å². The van der Waals surface area contributed by atoms with Gasteiger partial charge in [-0.3, -0.25) is 9.59 Å². The van der Waals surface area contributed by atoms with Crippen LogP contribution < -0.4 is 10.1 Å². The first kappa shape index (κ1) is 27.3. The third kappa shape index (κ3) is 6.59. The van der Waals surface area contributed by atoms with Gasteiger partial charge in [0, 0.05) is 31.2 Å². The van der Waals surface area contributed by atoms with Gasteiger partial charge in [0.05, 0.1) is 16.2 Å². The van der Waals surface area contributed by atoms with E-state index in [0.29, 0.717) is 24.4 Å². The Morgan fingerprint density at radius 2 is 1.86 bits per heavy atom. The van der Waals surface area contributed by atoms with Crippen molar-refractivity contribution in [3.63, 3.8) is 0 Å². The molecule has 2 aliphatic carbocycles. The molecule has 0 radical (unpaired) electrons. The summed E-state index contributed by atoms with van der Waals surface area (Å²) in [6.45, 7) is 0.528. The Bertz CT molecular complexity index is 927. The number of carbonyl (C=O) groups is 2. The molecule has 0 bridgehead atoms. The number of ether oxygens (including phenoxy) is 2. The smallest absolute Gasteiger partial charge is 0.252 e. The molecule has 4 atom stereocenters. The fraction of sp³-hybridized carbons (Fsp3) is 0.630. The number of aliphatic hydroxyl groups excluding tert-OH is 2. The fourth-order valence-corrected chi connectivity index (χ4v) is 6.04. The maximum absolute atomic E-state index is 13.9. The lowest BCUT2D eigenvalue weighted by Gasteiger charge is -2.45. The number of aliphatic hydroxyl groups is 2. The molecule has 4 unspecified atom stereocenters. The van der Waals surface area contributed by atoms with E-state index in [4.69, 9.17) is 9.47 Å². The Morgan fingerprint density at radius 3 is 2.53 bits per heavy atom. The molecule has 2 amide bonds. The monoisotopic (exact) mass is 612 g/mol. The average molecular weight is 613 g/mol. The normalized spacial score (nSPS) is 27.1. The summed E-state index contributed by atoms with van der Waals surface area (Å²) < 4.78 is 12.9. The number of nitrogens with one attached hydrogen (secondary N) is 1. The number of benzene rings is 1. The Balaban J connectivity index is 1.67. The summed E-state index contributed by atoms with van der Waals surface area (Å²) in [7, 11) is 0. The van der Waals surface area contributed by atoms with Gasteiger partial charge in [-0.15, -0.1) is 0 Å². The molecule has 1 saturated heterocycles. The topological polar surface area (TPSA) is 108 Å². The lowest BCUT2D eigenvalue weighted by atomic mass is 9.86. The van der Waals surface area contributed by atoms with E-state index in [1.54, 1.807) is 6.08 Å². The van der Waals surface area contributed by atoms with Gasteiger partial charge in [0.25, 0.3) is 5.91 Å². The SMILES string of the molecule is O=C(NCCO)C1=CC(Oc2ccccc2I)C(O)C(N(C(=O)C2CCCO2)C2CCCCCC2)C1. The molecule has 0 aromatic heterocycles. The second kappa shape index (κ2) is 13.2. The Labute approximate surface area is 226 Å². The molecule has 3 aliphatic rings. The summed E-state index contributed by atoms with van der Waals surface area (Å²) >= 11 is 2.18. The molecule has 1 aromatic carbocycles. The summed E-state index contributed by atoms with van der Waals surface area (Å²) in [6.07, 6.45) is 7.17. The predicted octanol–water partition coefficient (Wildman–Crippen LogP) is 2.94. The molecular formula is C27H37IN2O6. The highest BCUT2D eigenvalue weighted by Crippen LogP contribution is 2.34. The van der Waals surface area contributed by atoms with E-state index >= 15 is 0 Å². The lowest BCUT2D eigenvalue weighted by Crippen LogP contribution is -2.59. The van der Waals surface area contributed by atoms with Crippen LogP contribution in [0.5, 0.6) is 5.75 Å². The van der Waals surface area contributed by atoms with Crippen molar-refractivity contribution in [2.75, 3.05) is 19.8 Å². The Morgan fingerprint density at radius 1 is 1.11 bits per heavy atom.